The molecule has 2 aromatic rings. The Morgan fingerprint density at radius 1 is 1.37 bits per heavy atom. The molecule has 2 heterocycles. The van der Waals surface area contributed by atoms with Crippen LogP contribution in [-0.4, -0.2) is 34.9 Å². The maximum absolute atomic E-state index is 12.4. The van der Waals surface area contributed by atoms with Gasteiger partial charge in [-0.3, -0.25) is 4.79 Å². The second-order valence-corrected chi connectivity index (χ2v) is 5.93. The lowest BCUT2D eigenvalue weighted by Crippen LogP contribution is -2.42. The van der Waals surface area contributed by atoms with Crippen LogP contribution in [0.15, 0.2) is 18.2 Å². The quantitative estimate of drug-likeness (QED) is 0.825. The summed E-state index contributed by atoms with van der Waals surface area (Å²) in [6.07, 6.45) is 1.75. The number of hydrogen-bond donors (Lipinski definition) is 2. The van der Waals surface area contributed by atoms with Crippen LogP contribution in [0.3, 0.4) is 0 Å². The van der Waals surface area contributed by atoms with E-state index in [2.05, 4.69) is 4.98 Å². The highest BCUT2D eigenvalue weighted by atomic mass is 32.1. The van der Waals surface area contributed by atoms with Crippen molar-refractivity contribution < 1.29 is 4.79 Å². The summed E-state index contributed by atoms with van der Waals surface area (Å²) in [5, 5.41) is 0.531. The molecule has 0 atom stereocenters. The van der Waals surface area contributed by atoms with E-state index in [4.69, 9.17) is 11.5 Å². The summed E-state index contributed by atoms with van der Waals surface area (Å²) < 4.78 is 0.956. The van der Waals surface area contributed by atoms with Crippen molar-refractivity contribution in [2.24, 2.45) is 5.73 Å². The number of benzene rings is 1. The van der Waals surface area contributed by atoms with Crippen LogP contribution in [0.2, 0.25) is 0 Å². The van der Waals surface area contributed by atoms with Gasteiger partial charge in [0, 0.05) is 24.7 Å². The van der Waals surface area contributed by atoms with Gasteiger partial charge < -0.3 is 16.4 Å². The van der Waals surface area contributed by atoms with E-state index in [1.807, 2.05) is 23.1 Å². The predicted octanol–water partition coefficient (Wildman–Crippen LogP) is 1.44. The number of carbonyl (C=O) groups excluding carboxylic acids is 1. The van der Waals surface area contributed by atoms with Crippen molar-refractivity contribution in [2.75, 3.05) is 18.8 Å². The summed E-state index contributed by atoms with van der Waals surface area (Å²) in [5.74, 6) is 0.0702. The number of carbonyl (C=O) groups is 1. The van der Waals surface area contributed by atoms with Crippen molar-refractivity contribution in [3.8, 4) is 0 Å². The second kappa shape index (κ2) is 4.79. The van der Waals surface area contributed by atoms with E-state index in [1.165, 1.54) is 11.3 Å². The molecule has 0 radical (unpaired) electrons. The van der Waals surface area contributed by atoms with Gasteiger partial charge in [-0.15, -0.1) is 0 Å². The number of likely N-dealkylation sites (tertiary alicyclic amines) is 1. The fraction of sp³-hybridized carbons (Fsp3) is 0.385. The van der Waals surface area contributed by atoms with Crippen LogP contribution in [-0.2, 0) is 0 Å². The van der Waals surface area contributed by atoms with Crippen LogP contribution in [0, 0.1) is 0 Å². The first-order chi connectivity index (χ1) is 9.13. The normalized spacial score (nSPS) is 17.0. The first-order valence-electron chi connectivity index (χ1n) is 6.34. The van der Waals surface area contributed by atoms with Crippen molar-refractivity contribution in [2.45, 2.75) is 18.9 Å². The molecular formula is C13H16N4OS. The van der Waals surface area contributed by atoms with Crippen molar-refractivity contribution in [1.82, 2.24) is 9.88 Å². The molecule has 1 saturated heterocycles. The molecule has 0 saturated carbocycles. The molecule has 5 nitrogen and oxygen atoms in total. The Morgan fingerprint density at radius 3 is 2.84 bits per heavy atom. The van der Waals surface area contributed by atoms with Crippen LogP contribution in [0.25, 0.3) is 10.2 Å². The van der Waals surface area contributed by atoms with Crippen LogP contribution < -0.4 is 11.5 Å². The Labute approximate surface area is 115 Å². The van der Waals surface area contributed by atoms with Crippen LogP contribution in [0.1, 0.15) is 23.2 Å². The van der Waals surface area contributed by atoms with Gasteiger partial charge in [-0.2, -0.15) is 0 Å². The molecule has 1 aromatic heterocycles. The molecule has 0 spiro atoms. The van der Waals surface area contributed by atoms with Crippen molar-refractivity contribution >= 4 is 32.6 Å². The molecule has 0 unspecified atom stereocenters. The topological polar surface area (TPSA) is 85.2 Å². The van der Waals surface area contributed by atoms with E-state index in [-0.39, 0.29) is 11.9 Å². The molecule has 19 heavy (non-hydrogen) atoms. The Bertz CT molecular complexity index is 616. The van der Waals surface area contributed by atoms with E-state index < -0.39 is 0 Å². The number of nitrogens with two attached hydrogens (primary N) is 2. The number of fused-ring (bicyclic) bond motifs is 1. The summed E-state index contributed by atoms with van der Waals surface area (Å²) in [6, 6.07) is 5.77. The lowest BCUT2D eigenvalue weighted by Gasteiger charge is -2.30. The van der Waals surface area contributed by atoms with E-state index in [9.17, 15) is 4.79 Å². The Balaban J connectivity index is 1.84. The molecular weight excluding hydrogens is 260 g/mol. The molecule has 0 bridgehead atoms. The van der Waals surface area contributed by atoms with Crippen LogP contribution >= 0.6 is 11.3 Å². The van der Waals surface area contributed by atoms with Gasteiger partial charge in [-0.05, 0) is 31.0 Å². The lowest BCUT2D eigenvalue weighted by atomic mass is 10.0. The van der Waals surface area contributed by atoms with Crippen molar-refractivity contribution in [3.63, 3.8) is 0 Å². The minimum absolute atomic E-state index is 0.0702. The highest BCUT2D eigenvalue weighted by Crippen LogP contribution is 2.25. The van der Waals surface area contributed by atoms with E-state index in [1.54, 1.807) is 0 Å². The zero-order chi connectivity index (χ0) is 13.4. The number of nitrogen functional groups attached to an aromatic ring is 1. The molecule has 0 aliphatic carbocycles. The van der Waals surface area contributed by atoms with Gasteiger partial charge >= 0.3 is 0 Å². The first kappa shape index (κ1) is 12.4. The number of piperidine rings is 1. The zero-order valence-electron chi connectivity index (χ0n) is 10.5. The summed E-state index contributed by atoms with van der Waals surface area (Å²) >= 11 is 1.41. The Morgan fingerprint density at radius 2 is 2.11 bits per heavy atom. The zero-order valence-corrected chi connectivity index (χ0v) is 11.3. The van der Waals surface area contributed by atoms with Crippen molar-refractivity contribution in [1.29, 1.82) is 0 Å². The average molecular weight is 276 g/mol. The van der Waals surface area contributed by atoms with Crippen LogP contribution in [0.4, 0.5) is 5.13 Å². The van der Waals surface area contributed by atoms with Gasteiger partial charge in [0.25, 0.3) is 5.91 Å². The van der Waals surface area contributed by atoms with Gasteiger partial charge in [-0.25, -0.2) is 4.98 Å². The van der Waals surface area contributed by atoms with Gasteiger partial charge in [0.05, 0.1) is 10.2 Å². The predicted molar refractivity (Wildman–Crippen MR) is 77.1 cm³/mol. The highest BCUT2D eigenvalue weighted by Gasteiger charge is 2.21. The smallest absolute Gasteiger partial charge is 0.253 e. The van der Waals surface area contributed by atoms with Gasteiger partial charge in [0.15, 0.2) is 5.13 Å². The molecule has 1 aliphatic rings. The average Bonchev–Trinajstić information content (AvgIpc) is 2.77. The van der Waals surface area contributed by atoms with Crippen molar-refractivity contribution in [3.05, 3.63) is 23.8 Å². The maximum Gasteiger partial charge on any atom is 0.253 e. The molecule has 1 amide bonds. The number of hydrogen-bond acceptors (Lipinski definition) is 5. The minimum atomic E-state index is 0.0702. The van der Waals surface area contributed by atoms with E-state index >= 15 is 0 Å². The number of anilines is 1. The minimum Gasteiger partial charge on any atom is -0.375 e. The van der Waals surface area contributed by atoms with E-state index in [0.29, 0.717) is 10.7 Å². The highest BCUT2D eigenvalue weighted by molar-refractivity contribution is 7.22. The Kier molecular flexibility index (Phi) is 3.12. The third-order valence-electron chi connectivity index (χ3n) is 3.48. The first-order valence-corrected chi connectivity index (χ1v) is 7.16. The standard InChI is InChI=1S/C13H16N4OS/c14-9-3-5-17(6-4-9)12(18)8-1-2-10-11(7-8)19-13(15)16-10/h1-2,7,9H,3-6,14H2,(H2,15,16). The molecule has 4 N–H and O–H groups in total. The SMILES string of the molecule is Nc1nc2ccc(C(=O)N3CCC(N)CC3)cc2s1. The summed E-state index contributed by atoms with van der Waals surface area (Å²) in [5.41, 5.74) is 13.1. The number of amides is 1. The molecule has 1 aliphatic heterocycles. The molecule has 1 fully saturated rings. The Hall–Kier alpha value is -1.66. The van der Waals surface area contributed by atoms with Gasteiger partial charge in [0.2, 0.25) is 0 Å². The molecule has 100 valence electrons. The van der Waals surface area contributed by atoms with E-state index in [0.717, 1.165) is 36.1 Å². The number of rotatable bonds is 1. The third kappa shape index (κ3) is 2.41. The van der Waals surface area contributed by atoms with Gasteiger partial charge in [-0.1, -0.05) is 11.3 Å². The number of aromatic nitrogens is 1. The summed E-state index contributed by atoms with van der Waals surface area (Å²) in [4.78, 5) is 18.5. The largest absolute Gasteiger partial charge is 0.375 e. The lowest BCUT2D eigenvalue weighted by molar-refractivity contribution is 0.0715. The van der Waals surface area contributed by atoms with Gasteiger partial charge in [0.1, 0.15) is 0 Å². The number of thiazole rings is 1. The summed E-state index contributed by atoms with van der Waals surface area (Å²) in [7, 11) is 0. The third-order valence-corrected chi connectivity index (χ3v) is 4.33. The molecule has 6 heteroatoms. The fourth-order valence-corrected chi connectivity index (χ4v) is 3.13. The monoisotopic (exact) mass is 276 g/mol. The fourth-order valence-electron chi connectivity index (χ4n) is 2.36. The molecule has 1 aromatic carbocycles. The molecule has 3 rings (SSSR count). The summed E-state index contributed by atoms with van der Waals surface area (Å²) in [6.45, 7) is 1.48. The maximum atomic E-state index is 12.4. The second-order valence-electron chi connectivity index (χ2n) is 4.86. The number of nitrogens with zero attached hydrogens (tertiary/aromatic N) is 2. The van der Waals surface area contributed by atoms with Crippen LogP contribution in [0.5, 0.6) is 0 Å².